The number of nitrogens with two attached hydrogens (primary N) is 1. The quantitative estimate of drug-likeness (QED) is 0.549. The van der Waals surface area contributed by atoms with Crippen LogP contribution in [0, 0.1) is 0 Å². The Morgan fingerprint density at radius 1 is 1.06 bits per heavy atom. The maximum Gasteiger partial charge on any atom is 0.248 e. The lowest BCUT2D eigenvalue weighted by molar-refractivity contribution is -0.116. The van der Waals surface area contributed by atoms with Gasteiger partial charge >= 0.3 is 0 Å². The zero-order valence-electron chi connectivity index (χ0n) is 18.5. The molecule has 3 aromatic rings. The molecule has 0 radical (unpaired) electrons. The Labute approximate surface area is 192 Å². The Morgan fingerprint density at radius 2 is 1.76 bits per heavy atom. The molecule has 4 rings (SSSR count). The molecule has 9 nitrogen and oxygen atoms in total. The van der Waals surface area contributed by atoms with Crippen molar-refractivity contribution in [1.29, 1.82) is 0 Å². The van der Waals surface area contributed by atoms with Crippen LogP contribution in [0.25, 0.3) is 11.0 Å². The summed E-state index contributed by atoms with van der Waals surface area (Å²) in [5.41, 5.74) is 7.57. The predicted octanol–water partition coefficient (Wildman–Crippen LogP) is 2.42. The van der Waals surface area contributed by atoms with Crippen molar-refractivity contribution in [2.45, 2.75) is 37.0 Å². The van der Waals surface area contributed by atoms with Gasteiger partial charge in [0.15, 0.2) is 0 Å². The number of nitrogens with one attached hydrogen (secondary N) is 1. The van der Waals surface area contributed by atoms with Crippen LogP contribution in [0.2, 0.25) is 0 Å². The Bertz CT molecular complexity index is 1290. The van der Waals surface area contributed by atoms with Crippen molar-refractivity contribution in [2.24, 2.45) is 12.8 Å². The highest BCUT2D eigenvalue weighted by Gasteiger charge is 2.26. The smallest absolute Gasteiger partial charge is 0.248 e. The van der Waals surface area contributed by atoms with E-state index in [1.165, 1.54) is 0 Å². The first-order valence-corrected chi connectivity index (χ1v) is 12.3. The highest BCUT2D eigenvalue weighted by Crippen LogP contribution is 2.25. The molecule has 174 valence electrons. The Balaban J connectivity index is 1.45. The van der Waals surface area contributed by atoms with Gasteiger partial charge in [0.1, 0.15) is 5.82 Å². The predicted molar refractivity (Wildman–Crippen MR) is 125 cm³/mol. The number of nitrogens with zero attached hydrogens (tertiary/aromatic N) is 3. The number of aromatic nitrogens is 2. The molecule has 2 aromatic carbocycles. The second kappa shape index (κ2) is 9.32. The largest absolute Gasteiger partial charge is 0.366 e. The number of piperidine rings is 1. The molecule has 0 spiro atoms. The van der Waals surface area contributed by atoms with Crippen molar-refractivity contribution in [2.75, 3.05) is 18.4 Å². The van der Waals surface area contributed by atoms with Crippen LogP contribution in [-0.4, -0.2) is 47.2 Å². The van der Waals surface area contributed by atoms with Gasteiger partial charge in [-0.15, -0.1) is 0 Å². The standard InChI is InChI=1S/C23H27N5O4S/c1-27-20-10-9-18(33(31,32)28-13-3-2-4-14-28)15-19(20)26-21(27)11-12-22(29)25-17-7-5-16(6-8-17)23(24)30/h5-10,15H,2-4,11-14H2,1H3,(H2,24,30)(H,25,29). The number of sulfonamides is 1. The number of amides is 2. The van der Waals surface area contributed by atoms with Crippen LogP contribution in [0.15, 0.2) is 47.4 Å². The maximum absolute atomic E-state index is 13.0. The second-order valence-corrected chi connectivity index (χ2v) is 10.1. The van der Waals surface area contributed by atoms with Crippen LogP contribution in [-0.2, 0) is 28.3 Å². The molecule has 1 saturated heterocycles. The van der Waals surface area contributed by atoms with Crippen molar-refractivity contribution in [3.05, 3.63) is 53.9 Å². The summed E-state index contributed by atoms with van der Waals surface area (Å²) in [4.78, 5) is 28.4. The Morgan fingerprint density at radius 3 is 2.42 bits per heavy atom. The third kappa shape index (κ3) is 4.91. The van der Waals surface area contributed by atoms with Crippen LogP contribution in [0.4, 0.5) is 5.69 Å². The van der Waals surface area contributed by atoms with Gasteiger partial charge in [-0.25, -0.2) is 13.4 Å². The average molecular weight is 470 g/mol. The number of primary amides is 1. The fourth-order valence-electron chi connectivity index (χ4n) is 4.03. The number of carbonyl (C=O) groups is 2. The van der Waals surface area contributed by atoms with Gasteiger partial charge in [0.2, 0.25) is 21.8 Å². The van der Waals surface area contributed by atoms with Crippen LogP contribution >= 0.6 is 0 Å². The van der Waals surface area contributed by atoms with Crippen LogP contribution < -0.4 is 11.1 Å². The lowest BCUT2D eigenvalue weighted by Gasteiger charge is -2.25. The average Bonchev–Trinajstić information content (AvgIpc) is 3.13. The van der Waals surface area contributed by atoms with E-state index in [0.717, 1.165) is 24.8 Å². The van der Waals surface area contributed by atoms with Gasteiger partial charge < -0.3 is 15.6 Å². The first-order chi connectivity index (χ1) is 15.8. The molecule has 2 amide bonds. The third-order valence-electron chi connectivity index (χ3n) is 5.93. The molecular weight excluding hydrogens is 442 g/mol. The number of benzene rings is 2. The number of rotatable bonds is 7. The summed E-state index contributed by atoms with van der Waals surface area (Å²) < 4.78 is 29.4. The highest BCUT2D eigenvalue weighted by atomic mass is 32.2. The molecule has 1 fully saturated rings. The number of hydrogen-bond donors (Lipinski definition) is 2. The molecule has 3 N–H and O–H groups in total. The van der Waals surface area contributed by atoms with E-state index in [4.69, 9.17) is 5.73 Å². The number of aryl methyl sites for hydroxylation is 2. The first-order valence-electron chi connectivity index (χ1n) is 10.9. The minimum Gasteiger partial charge on any atom is -0.366 e. The molecule has 1 aromatic heterocycles. The first kappa shape index (κ1) is 22.9. The van der Waals surface area contributed by atoms with Crippen molar-refractivity contribution >= 4 is 38.6 Å². The topological polar surface area (TPSA) is 127 Å². The lowest BCUT2D eigenvalue weighted by Crippen LogP contribution is -2.35. The number of anilines is 1. The van der Waals surface area contributed by atoms with E-state index >= 15 is 0 Å². The maximum atomic E-state index is 13.0. The van der Waals surface area contributed by atoms with Gasteiger partial charge in [0.05, 0.1) is 15.9 Å². The molecule has 0 atom stereocenters. The molecule has 0 saturated carbocycles. The van der Waals surface area contributed by atoms with E-state index in [9.17, 15) is 18.0 Å². The molecule has 0 bridgehead atoms. The van der Waals surface area contributed by atoms with E-state index in [2.05, 4.69) is 10.3 Å². The monoisotopic (exact) mass is 469 g/mol. The SMILES string of the molecule is Cn1c(CCC(=O)Nc2ccc(C(N)=O)cc2)nc2cc(S(=O)(=O)N3CCCCC3)ccc21. The number of imidazole rings is 1. The fourth-order valence-corrected chi connectivity index (χ4v) is 5.57. The summed E-state index contributed by atoms with van der Waals surface area (Å²) >= 11 is 0. The Hall–Kier alpha value is -3.24. The summed E-state index contributed by atoms with van der Waals surface area (Å²) in [5, 5.41) is 2.78. The summed E-state index contributed by atoms with van der Waals surface area (Å²) in [7, 11) is -1.68. The molecule has 2 heterocycles. The number of hydrogen-bond acceptors (Lipinski definition) is 5. The molecule has 0 unspecified atom stereocenters. The zero-order chi connectivity index (χ0) is 23.6. The van der Waals surface area contributed by atoms with Crippen molar-refractivity contribution in [3.8, 4) is 0 Å². The van der Waals surface area contributed by atoms with Gasteiger partial charge in [-0.2, -0.15) is 4.31 Å². The highest BCUT2D eigenvalue weighted by molar-refractivity contribution is 7.89. The summed E-state index contributed by atoms with van der Waals surface area (Å²) in [5.74, 6) is -0.0272. The van der Waals surface area contributed by atoms with Crippen molar-refractivity contribution in [1.82, 2.24) is 13.9 Å². The van der Waals surface area contributed by atoms with E-state index < -0.39 is 15.9 Å². The van der Waals surface area contributed by atoms with E-state index in [1.54, 1.807) is 46.8 Å². The Kier molecular flexibility index (Phi) is 6.48. The van der Waals surface area contributed by atoms with Gasteiger partial charge in [0, 0.05) is 44.2 Å². The zero-order valence-corrected chi connectivity index (χ0v) is 19.3. The van der Waals surface area contributed by atoms with Gasteiger partial charge in [-0.1, -0.05) is 6.42 Å². The number of carbonyl (C=O) groups excluding carboxylic acids is 2. The summed E-state index contributed by atoms with van der Waals surface area (Å²) in [6.07, 6.45) is 3.41. The summed E-state index contributed by atoms with van der Waals surface area (Å²) in [6, 6.07) is 11.4. The molecule has 33 heavy (non-hydrogen) atoms. The van der Waals surface area contributed by atoms with Crippen molar-refractivity contribution < 1.29 is 18.0 Å². The van der Waals surface area contributed by atoms with E-state index in [0.29, 0.717) is 42.1 Å². The van der Waals surface area contributed by atoms with Crippen LogP contribution in [0.1, 0.15) is 41.9 Å². The van der Waals surface area contributed by atoms with Gasteiger partial charge in [-0.05, 0) is 55.3 Å². The molecular formula is C23H27N5O4S. The van der Waals surface area contributed by atoms with Crippen LogP contribution in [0.5, 0.6) is 0 Å². The van der Waals surface area contributed by atoms with E-state index in [-0.39, 0.29) is 17.2 Å². The van der Waals surface area contributed by atoms with Crippen LogP contribution in [0.3, 0.4) is 0 Å². The minimum absolute atomic E-state index is 0.192. The number of fused-ring (bicyclic) bond motifs is 1. The van der Waals surface area contributed by atoms with Gasteiger partial charge in [0.25, 0.3) is 0 Å². The fraction of sp³-hybridized carbons (Fsp3) is 0.348. The third-order valence-corrected chi connectivity index (χ3v) is 7.82. The molecule has 10 heteroatoms. The molecule has 0 aliphatic carbocycles. The normalized spacial score (nSPS) is 14.9. The van der Waals surface area contributed by atoms with Gasteiger partial charge in [-0.3, -0.25) is 9.59 Å². The molecule has 1 aliphatic heterocycles. The second-order valence-electron chi connectivity index (χ2n) is 8.19. The lowest BCUT2D eigenvalue weighted by atomic mass is 10.2. The van der Waals surface area contributed by atoms with E-state index in [1.807, 2.05) is 11.6 Å². The molecule has 1 aliphatic rings. The van der Waals surface area contributed by atoms with Crippen molar-refractivity contribution in [3.63, 3.8) is 0 Å². The summed E-state index contributed by atoms with van der Waals surface area (Å²) in [6.45, 7) is 1.10. The minimum atomic E-state index is -3.53.